The van der Waals surface area contributed by atoms with Crippen LogP contribution in [0.3, 0.4) is 0 Å². The lowest BCUT2D eigenvalue weighted by Crippen LogP contribution is -2.47. The highest BCUT2D eigenvalue weighted by molar-refractivity contribution is 5.97. The topological polar surface area (TPSA) is 67.9 Å². The van der Waals surface area contributed by atoms with Crippen molar-refractivity contribution in [2.75, 3.05) is 20.8 Å². The number of fused-ring (bicyclic) bond motifs is 1. The summed E-state index contributed by atoms with van der Waals surface area (Å²) in [6.45, 7) is 2.15. The molecule has 1 N–H and O–H groups in total. The zero-order valence-electron chi connectivity index (χ0n) is 15.8. The van der Waals surface area contributed by atoms with Gasteiger partial charge in [-0.1, -0.05) is 12.8 Å². The molecule has 1 aliphatic heterocycles. The van der Waals surface area contributed by atoms with Crippen molar-refractivity contribution in [3.05, 3.63) is 23.8 Å². The molecule has 3 rings (SSSR count). The van der Waals surface area contributed by atoms with Crippen LogP contribution in [0, 0.1) is 5.92 Å². The molecule has 2 aliphatic rings. The summed E-state index contributed by atoms with van der Waals surface area (Å²) in [6.07, 6.45) is 5.85. The van der Waals surface area contributed by atoms with Crippen LogP contribution >= 0.6 is 0 Å². The number of carbonyl (C=O) groups excluding carboxylic acids is 2. The number of hydrogen-bond donors (Lipinski definition) is 1. The molecule has 1 aromatic carbocycles. The minimum absolute atomic E-state index is 0.0146. The van der Waals surface area contributed by atoms with Gasteiger partial charge in [0.1, 0.15) is 0 Å². The molecular weight excluding hydrogens is 332 g/mol. The number of ether oxygens (including phenoxy) is 2. The normalized spacial score (nSPS) is 24.7. The monoisotopic (exact) mass is 360 g/mol. The second kappa shape index (κ2) is 7.98. The zero-order valence-corrected chi connectivity index (χ0v) is 15.8. The highest BCUT2D eigenvalue weighted by Crippen LogP contribution is 2.39. The van der Waals surface area contributed by atoms with Crippen LogP contribution in [-0.2, 0) is 4.79 Å². The number of methoxy groups -OCH3 is 2. The van der Waals surface area contributed by atoms with E-state index in [1.165, 1.54) is 26.4 Å². The minimum atomic E-state index is -0.286. The number of nitrogens with one attached hydrogen (secondary N) is 1. The van der Waals surface area contributed by atoms with Gasteiger partial charge in [-0.3, -0.25) is 9.59 Å². The van der Waals surface area contributed by atoms with Crippen molar-refractivity contribution in [3.8, 4) is 11.5 Å². The first kappa shape index (κ1) is 18.5. The number of nitrogens with zero attached hydrogens (tertiary/aromatic N) is 1. The van der Waals surface area contributed by atoms with Gasteiger partial charge in [-0.15, -0.1) is 0 Å². The molecule has 0 bridgehead atoms. The van der Waals surface area contributed by atoms with Gasteiger partial charge in [-0.2, -0.15) is 0 Å². The van der Waals surface area contributed by atoms with Gasteiger partial charge in [0.05, 0.1) is 20.8 Å². The number of amides is 2. The minimum Gasteiger partial charge on any atom is -0.493 e. The standard InChI is InChI=1S/C20H28N2O4/c1-13-10-14-6-4-5-7-16(14)22(13)19(23)12-21-20(24)15-8-9-17(25-2)18(11-15)26-3/h8-9,11,13-14,16H,4-7,10,12H2,1-3H3,(H,21,24)/t13-,14+,16+/m1/s1. The first-order valence-electron chi connectivity index (χ1n) is 9.36. The summed E-state index contributed by atoms with van der Waals surface area (Å²) in [7, 11) is 3.07. The predicted molar refractivity (Wildman–Crippen MR) is 98.6 cm³/mol. The smallest absolute Gasteiger partial charge is 0.251 e. The number of rotatable bonds is 5. The summed E-state index contributed by atoms with van der Waals surface area (Å²) >= 11 is 0. The van der Waals surface area contributed by atoms with Gasteiger partial charge in [-0.05, 0) is 50.3 Å². The molecule has 1 saturated heterocycles. The van der Waals surface area contributed by atoms with Crippen molar-refractivity contribution >= 4 is 11.8 Å². The number of benzene rings is 1. The number of likely N-dealkylation sites (tertiary alicyclic amines) is 1. The van der Waals surface area contributed by atoms with Crippen molar-refractivity contribution in [3.63, 3.8) is 0 Å². The largest absolute Gasteiger partial charge is 0.493 e. The van der Waals surface area contributed by atoms with Crippen LogP contribution in [0.4, 0.5) is 0 Å². The molecule has 0 radical (unpaired) electrons. The van der Waals surface area contributed by atoms with Crippen molar-refractivity contribution in [2.45, 2.75) is 51.1 Å². The maximum atomic E-state index is 12.7. The van der Waals surface area contributed by atoms with Gasteiger partial charge in [0.15, 0.2) is 11.5 Å². The summed E-state index contributed by atoms with van der Waals surface area (Å²) in [6, 6.07) is 5.58. The Morgan fingerprint density at radius 3 is 2.62 bits per heavy atom. The van der Waals surface area contributed by atoms with E-state index in [1.807, 2.05) is 4.90 Å². The third kappa shape index (κ3) is 3.64. The lowest BCUT2D eigenvalue weighted by molar-refractivity contribution is -0.133. The molecule has 26 heavy (non-hydrogen) atoms. The maximum Gasteiger partial charge on any atom is 0.251 e. The van der Waals surface area contributed by atoms with E-state index in [2.05, 4.69) is 12.2 Å². The molecule has 1 saturated carbocycles. The quantitative estimate of drug-likeness (QED) is 0.876. The fourth-order valence-electron chi connectivity index (χ4n) is 4.47. The summed E-state index contributed by atoms with van der Waals surface area (Å²) in [4.78, 5) is 27.2. The first-order chi connectivity index (χ1) is 12.5. The summed E-state index contributed by atoms with van der Waals surface area (Å²) in [5.41, 5.74) is 0.445. The number of hydrogen-bond acceptors (Lipinski definition) is 4. The molecule has 2 amide bonds. The van der Waals surface area contributed by atoms with Gasteiger partial charge in [0, 0.05) is 17.6 Å². The Kier molecular flexibility index (Phi) is 5.69. The van der Waals surface area contributed by atoms with E-state index < -0.39 is 0 Å². The van der Waals surface area contributed by atoms with E-state index >= 15 is 0 Å². The molecule has 1 heterocycles. The maximum absolute atomic E-state index is 12.7. The van der Waals surface area contributed by atoms with Crippen LogP contribution in [0.25, 0.3) is 0 Å². The summed E-state index contributed by atoms with van der Waals surface area (Å²) < 4.78 is 10.4. The van der Waals surface area contributed by atoms with Crippen LogP contribution in [0.1, 0.15) is 49.4 Å². The Bertz CT molecular complexity index is 676. The van der Waals surface area contributed by atoms with E-state index in [0.29, 0.717) is 29.0 Å². The van der Waals surface area contributed by atoms with Crippen molar-refractivity contribution in [1.82, 2.24) is 10.2 Å². The molecule has 3 atom stereocenters. The Hall–Kier alpha value is -2.24. The van der Waals surface area contributed by atoms with Crippen LogP contribution in [-0.4, -0.2) is 49.6 Å². The molecule has 1 aromatic rings. The van der Waals surface area contributed by atoms with E-state index in [-0.39, 0.29) is 24.4 Å². The highest BCUT2D eigenvalue weighted by Gasteiger charge is 2.42. The Morgan fingerprint density at radius 2 is 1.88 bits per heavy atom. The third-order valence-corrected chi connectivity index (χ3v) is 5.68. The molecule has 6 nitrogen and oxygen atoms in total. The van der Waals surface area contributed by atoms with Gasteiger partial charge in [0.25, 0.3) is 5.91 Å². The van der Waals surface area contributed by atoms with Crippen molar-refractivity contribution in [1.29, 1.82) is 0 Å². The van der Waals surface area contributed by atoms with Gasteiger partial charge in [-0.25, -0.2) is 0 Å². The average molecular weight is 360 g/mol. The highest BCUT2D eigenvalue weighted by atomic mass is 16.5. The van der Waals surface area contributed by atoms with E-state index in [4.69, 9.17) is 9.47 Å². The Labute approximate surface area is 154 Å². The fraction of sp³-hybridized carbons (Fsp3) is 0.600. The van der Waals surface area contributed by atoms with E-state index in [9.17, 15) is 9.59 Å². The molecule has 2 fully saturated rings. The molecule has 1 aliphatic carbocycles. The van der Waals surface area contributed by atoms with Crippen LogP contribution < -0.4 is 14.8 Å². The number of carbonyl (C=O) groups is 2. The van der Waals surface area contributed by atoms with E-state index in [0.717, 1.165) is 12.8 Å². The van der Waals surface area contributed by atoms with Gasteiger partial charge < -0.3 is 19.7 Å². The van der Waals surface area contributed by atoms with Gasteiger partial charge >= 0.3 is 0 Å². The Morgan fingerprint density at radius 1 is 1.15 bits per heavy atom. The van der Waals surface area contributed by atoms with Gasteiger partial charge in [0.2, 0.25) is 5.91 Å². The van der Waals surface area contributed by atoms with Crippen LogP contribution in [0.15, 0.2) is 18.2 Å². The fourth-order valence-corrected chi connectivity index (χ4v) is 4.47. The van der Waals surface area contributed by atoms with E-state index in [1.54, 1.807) is 25.3 Å². The molecule has 0 spiro atoms. The molecular formula is C20H28N2O4. The Balaban J connectivity index is 1.61. The molecule has 0 aromatic heterocycles. The summed E-state index contributed by atoms with van der Waals surface area (Å²) in [5, 5.41) is 2.75. The summed E-state index contributed by atoms with van der Waals surface area (Å²) in [5.74, 6) is 1.41. The SMILES string of the molecule is COc1ccc(C(=O)NCC(=O)N2[C@H](C)C[C@@H]3CCCC[C@@H]32)cc1OC. The second-order valence-electron chi connectivity index (χ2n) is 7.25. The van der Waals surface area contributed by atoms with Crippen LogP contribution in [0.2, 0.25) is 0 Å². The van der Waals surface area contributed by atoms with Crippen molar-refractivity contribution < 1.29 is 19.1 Å². The average Bonchev–Trinajstić information content (AvgIpc) is 3.00. The second-order valence-corrected chi connectivity index (χ2v) is 7.25. The lowest BCUT2D eigenvalue weighted by atomic mass is 9.85. The van der Waals surface area contributed by atoms with Crippen LogP contribution in [0.5, 0.6) is 11.5 Å². The lowest BCUT2D eigenvalue weighted by Gasteiger charge is -2.33. The molecule has 142 valence electrons. The third-order valence-electron chi connectivity index (χ3n) is 5.68. The predicted octanol–water partition coefficient (Wildman–Crippen LogP) is 2.61. The zero-order chi connectivity index (χ0) is 18.7. The molecule has 0 unspecified atom stereocenters. The first-order valence-corrected chi connectivity index (χ1v) is 9.36. The molecule has 6 heteroatoms. The van der Waals surface area contributed by atoms with Crippen molar-refractivity contribution in [2.24, 2.45) is 5.92 Å².